The zero-order valence-electron chi connectivity index (χ0n) is 14.3. The van der Waals surface area contributed by atoms with Gasteiger partial charge in [0.15, 0.2) is 0 Å². The van der Waals surface area contributed by atoms with Crippen molar-refractivity contribution in [1.82, 2.24) is 9.88 Å². The van der Waals surface area contributed by atoms with Gasteiger partial charge in [-0.25, -0.2) is 4.39 Å². The second-order valence-corrected chi connectivity index (χ2v) is 7.08. The number of nitrogens with zero attached hydrogens (tertiary/aromatic N) is 1. The van der Waals surface area contributed by atoms with Crippen LogP contribution < -0.4 is 0 Å². The van der Waals surface area contributed by atoms with Crippen LogP contribution in [-0.2, 0) is 16.6 Å². The van der Waals surface area contributed by atoms with Crippen molar-refractivity contribution in [2.75, 3.05) is 13.6 Å². The second-order valence-electron chi connectivity index (χ2n) is 7.08. The van der Waals surface area contributed by atoms with Gasteiger partial charge in [0.2, 0.25) is 5.91 Å². The highest BCUT2D eigenvalue weighted by Gasteiger charge is 2.47. The van der Waals surface area contributed by atoms with Gasteiger partial charge in [-0.3, -0.25) is 4.79 Å². The minimum atomic E-state index is -0.277. The number of H-pyrrole nitrogens is 1. The third kappa shape index (κ3) is 3.04. The van der Waals surface area contributed by atoms with Gasteiger partial charge in [0.25, 0.3) is 0 Å². The van der Waals surface area contributed by atoms with E-state index in [4.69, 9.17) is 0 Å². The van der Waals surface area contributed by atoms with Crippen LogP contribution in [0, 0.1) is 5.82 Å². The Morgan fingerprint density at radius 3 is 2.60 bits per heavy atom. The molecule has 1 aliphatic rings. The van der Waals surface area contributed by atoms with Gasteiger partial charge in [-0.05, 0) is 42.2 Å². The summed E-state index contributed by atoms with van der Waals surface area (Å²) in [7, 11) is 1.86. The van der Waals surface area contributed by atoms with Crippen molar-refractivity contribution in [2.45, 2.75) is 24.7 Å². The summed E-state index contributed by atoms with van der Waals surface area (Å²) in [5.41, 5.74) is 3.36. The van der Waals surface area contributed by atoms with Crippen molar-refractivity contribution in [3.8, 4) is 0 Å². The Balaban J connectivity index is 1.49. The van der Waals surface area contributed by atoms with E-state index < -0.39 is 0 Å². The molecule has 1 heterocycles. The second kappa shape index (κ2) is 6.03. The highest BCUT2D eigenvalue weighted by molar-refractivity contribution is 5.85. The van der Waals surface area contributed by atoms with Gasteiger partial charge in [-0.1, -0.05) is 30.3 Å². The Kier molecular flexibility index (Phi) is 3.83. The van der Waals surface area contributed by atoms with Gasteiger partial charge in [0.1, 0.15) is 5.82 Å². The van der Waals surface area contributed by atoms with Gasteiger partial charge >= 0.3 is 0 Å². The Morgan fingerprint density at radius 1 is 1.16 bits per heavy atom. The number of carbonyl (C=O) groups excluding carboxylic acids is 1. The smallest absolute Gasteiger partial charge is 0.226 e. The topological polar surface area (TPSA) is 36.1 Å². The molecule has 0 atom stereocenters. The Labute approximate surface area is 146 Å². The molecule has 0 unspecified atom stereocenters. The van der Waals surface area contributed by atoms with Crippen LogP contribution in [0.15, 0.2) is 54.7 Å². The number of hydrogen-bond donors (Lipinski definition) is 1. The predicted molar refractivity (Wildman–Crippen MR) is 97.0 cm³/mol. The Hall–Kier alpha value is -2.62. The van der Waals surface area contributed by atoms with E-state index in [1.54, 1.807) is 12.1 Å². The zero-order valence-corrected chi connectivity index (χ0v) is 14.3. The fourth-order valence-corrected chi connectivity index (χ4v) is 3.63. The summed E-state index contributed by atoms with van der Waals surface area (Å²) in [4.78, 5) is 17.7. The number of fused-ring (bicyclic) bond motifs is 1. The van der Waals surface area contributed by atoms with Crippen molar-refractivity contribution < 1.29 is 9.18 Å². The average molecular weight is 336 g/mol. The number of nitrogens with one attached hydrogen (secondary N) is 1. The van der Waals surface area contributed by atoms with Gasteiger partial charge in [-0.15, -0.1) is 0 Å². The lowest BCUT2D eigenvalue weighted by atomic mass is 9.94. The van der Waals surface area contributed by atoms with Crippen LogP contribution in [0.1, 0.15) is 24.0 Å². The molecule has 1 saturated carbocycles. The third-order valence-electron chi connectivity index (χ3n) is 5.25. The molecule has 0 bridgehead atoms. The maximum Gasteiger partial charge on any atom is 0.226 e. The molecule has 4 rings (SSSR count). The van der Waals surface area contributed by atoms with Crippen LogP contribution in [0.4, 0.5) is 4.39 Å². The van der Waals surface area contributed by atoms with E-state index in [9.17, 15) is 9.18 Å². The van der Waals surface area contributed by atoms with Gasteiger partial charge in [0.05, 0.1) is 6.42 Å². The third-order valence-corrected chi connectivity index (χ3v) is 5.25. The lowest BCUT2D eigenvalue weighted by molar-refractivity contribution is -0.129. The van der Waals surface area contributed by atoms with E-state index in [0.717, 1.165) is 30.5 Å². The summed E-state index contributed by atoms with van der Waals surface area (Å²) >= 11 is 0. The summed E-state index contributed by atoms with van der Waals surface area (Å²) < 4.78 is 13.0. The number of amides is 1. The number of benzene rings is 2. The molecule has 3 nitrogen and oxygen atoms in total. The minimum absolute atomic E-state index is 0.0623. The number of hydrogen-bond acceptors (Lipinski definition) is 1. The molecule has 25 heavy (non-hydrogen) atoms. The molecule has 1 fully saturated rings. The van der Waals surface area contributed by atoms with Crippen LogP contribution in [0.2, 0.25) is 0 Å². The van der Waals surface area contributed by atoms with E-state index >= 15 is 0 Å². The van der Waals surface area contributed by atoms with Crippen LogP contribution in [0.25, 0.3) is 10.9 Å². The number of para-hydroxylation sites is 1. The fourth-order valence-electron chi connectivity index (χ4n) is 3.63. The summed E-state index contributed by atoms with van der Waals surface area (Å²) in [5, 5.41) is 1.25. The molecule has 0 aliphatic heterocycles. The Morgan fingerprint density at radius 2 is 1.88 bits per heavy atom. The number of rotatable bonds is 5. The number of aromatic amines is 1. The maximum atomic E-state index is 13.0. The molecule has 1 amide bonds. The highest BCUT2D eigenvalue weighted by Crippen LogP contribution is 2.50. The van der Waals surface area contributed by atoms with Gasteiger partial charge < -0.3 is 9.88 Å². The molecule has 2 aromatic carbocycles. The predicted octanol–water partition coefficient (Wildman–Crippen LogP) is 4.04. The first kappa shape index (κ1) is 15.9. The lowest BCUT2D eigenvalue weighted by Crippen LogP contribution is -2.35. The normalized spacial score (nSPS) is 15.3. The van der Waals surface area contributed by atoms with E-state index in [1.165, 1.54) is 23.1 Å². The van der Waals surface area contributed by atoms with Crippen molar-refractivity contribution >= 4 is 16.8 Å². The zero-order chi connectivity index (χ0) is 17.4. The van der Waals surface area contributed by atoms with Gasteiger partial charge in [0, 0.05) is 36.1 Å². The average Bonchev–Trinajstić information content (AvgIpc) is 3.25. The summed E-state index contributed by atoms with van der Waals surface area (Å²) in [6, 6.07) is 14.5. The number of carbonyl (C=O) groups is 1. The van der Waals surface area contributed by atoms with Crippen molar-refractivity contribution in [3.63, 3.8) is 0 Å². The van der Waals surface area contributed by atoms with E-state index in [1.807, 2.05) is 18.0 Å². The summed E-state index contributed by atoms with van der Waals surface area (Å²) in [6.07, 6.45) is 4.60. The highest BCUT2D eigenvalue weighted by atomic mass is 19.1. The van der Waals surface area contributed by atoms with Crippen molar-refractivity contribution in [3.05, 3.63) is 71.7 Å². The quantitative estimate of drug-likeness (QED) is 0.750. The molecular formula is C21H21FN2O. The fraction of sp³-hybridized carbons (Fsp3) is 0.286. The molecule has 1 aromatic heterocycles. The molecule has 1 N–H and O–H groups in total. The van der Waals surface area contributed by atoms with Crippen LogP contribution in [0.5, 0.6) is 0 Å². The first-order valence-electron chi connectivity index (χ1n) is 8.62. The number of aromatic nitrogens is 1. The molecule has 0 saturated heterocycles. The standard InChI is InChI=1S/C21H21FN2O/c1-24(20(25)12-15-6-8-16(22)9-7-15)14-21(10-11-21)18-13-23-19-5-3-2-4-17(18)19/h2-9,13,23H,10-12,14H2,1H3. The lowest BCUT2D eigenvalue weighted by Gasteiger charge is -2.24. The number of halogens is 1. The minimum Gasteiger partial charge on any atom is -0.361 e. The van der Waals surface area contributed by atoms with Gasteiger partial charge in [-0.2, -0.15) is 0 Å². The summed E-state index contributed by atoms with van der Waals surface area (Å²) in [5.74, 6) is -0.210. The molecule has 0 radical (unpaired) electrons. The number of likely N-dealkylation sites (N-methyl/N-ethyl adjacent to an activating group) is 1. The Bertz CT molecular complexity index is 909. The molecule has 128 valence electrons. The monoisotopic (exact) mass is 336 g/mol. The first-order chi connectivity index (χ1) is 12.1. The SMILES string of the molecule is CN(CC1(c2c[nH]c3ccccc23)CC1)C(=O)Cc1ccc(F)cc1. The van der Waals surface area contributed by atoms with Crippen LogP contribution in [-0.4, -0.2) is 29.4 Å². The molecular weight excluding hydrogens is 315 g/mol. The van der Waals surface area contributed by atoms with Crippen molar-refractivity contribution in [2.24, 2.45) is 0 Å². The first-order valence-corrected chi connectivity index (χ1v) is 8.62. The summed E-state index contributed by atoms with van der Waals surface area (Å²) in [6.45, 7) is 0.717. The van der Waals surface area contributed by atoms with E-state index in [0.29, 0.717) is 6.42 Å². The van der Waals surface area contributed by atoms with E-state index in [2.05, 4.69) is 29.4 Å². The maximum absolute atomic E-state index is 13.0. The van der Waals surface area contributed by atoms with Crippen LogP contribution >= 0.6 is 0 Å². The molecule has 0 spiro atoms. The molecule has 4 heteroatoms. The molecule has 1 aliphatic carbocycles. The molecule has 3 aromatic rings. The van der Waals surface area contributed by atoms with Crippen LogP contribution in [0.3, 0.4) is 0 Å². The van der Waals surface area contributed by atoms with E-state index in [-0.39, 0.29) is 17.1 Å². The van der Waals surface area contributed by atoms with Crippen molar-refractivity contribution in [1.29, 1.82) is 0 Å². The largest absolute Gasteiger partial charge is 0.361 e.